The molecular formula is C7H12N4S. The second kappa shape index (κ2) is 4.25. The van der Waals surface area contributed by atoms with Crippen LogP contribution in [0.3, 0.4) is 0 Å². The lowest BCUT2D eigenvalue weighted by atomic mass is 10.4. The molecule has 0 unspecified atom stereocenters. The fraction of sp³-hybridized carbons (Fsp3) is 0.571. The third kappa shape index (κ3) is 2.34. The van der Waals surface area contributed by atoms with E-state index in [4.69, 9.17) is 0 Å². The molecule has 0 fully saturated rings. The summed E-state index contributed by atoms with van der Waals surface area (Å²) in [5.41, 5.74) is 1.06. The summed E-state index contributed by atoms with van der Waals surface area (Å²) >= 11 is 1.64. The minimum atomic E-state index is 0.704. The molecule has 0 bridgehead atoms. The molecule has 0 saturated carbocycles. The molecule has 1 rings (SSSR count). The highest BCUT2D eigenvalue weighted by molar-refractivity contribution is 7.99. The van der Waals surface area contributed by atoms with Crippen molar-refractivity contribution >= 4 is 11.8 Å². The Hall–Kier alpha value is -0.840. The molecule has 0 aliphatic rings. The molecule has 1 heterocycles. The minimum Gasteiger partial charge on any atom is -0.216 e. The Balaban J connectivity index is 2.69. The summed E-state index contributed by atoms with van der Waals surface area (Å²) in [6.07, 6.45) is 0. The highest BCUT2D eigenvalue weighted by Gasteiger charge is 2.04. The highest BCUT2D eigenvalue weighted by Crippen LogP contribution is 2.12. The minimum absolute atomic E-state index is 0.704. The Morgan fingerprint density at radius 2 is 2.42 bits per heavy atom. The largest absolute Gasteiger partial charge is 0.216 e. The van der Waals surface area contributed by atoms with Crippen molar-refractivity contribution in [3.63, 3.8) is 0 Å². The number of tetrazole rings is 1. The van der Waals surface area contributed by atoms with E-state index in [9.17, 15) is 0 Å². The van der Waals surface area contributed by atoms with E-state index in [2.05, 4.69) is 29.0 Å². The zero-order valence-corrected chi connectivity index (χ0v) is 8.13. The molecule has 1 aromatic heterocycles. The first-order valence-corrected chi connectivity index (χ1v) is 4.76. The quantitative estimate of drug-likeness (QED) is 0.523. The van der Waals surface area contributed by atoms with Gasteiger partial charge in [-0.1, -0.05) is 30.8 Å². The molecule has 4 nitrogen and oxygen atoms in total. The summed E-state index contributed by atoms with van der Waals surface area (Å²) in [6.45, 7) is 8.54. The number of allylic oxidation sites excluding steroid dienone is 1. The van der Waals surface area contributed by atoms with Crippen LogP contribution in [0.25, 0.3) is 0 Å². The van der Waals surface area contributed by atoms with Crippen molar-refractivity contribution in [2.75, 3.05) is 5.75 Å². The first-order chi connectivity index (χ1) is 5.74. The summed E-state index contributed by atoms with van der Waals surface area (Å²) in [7, 11) is 0. The van der Waals surface area contributed by atoms with Gasteiger partial charge in [-0.15, -0.1) is 5.10 Å². The number of hydrogen-bond donors (Lipinski definition) is 0. The van der Waals surface area contributed by atoms with Gasteiger partial charge in [0.1, 0.15) is 0 Å². The van der Waals surface area contributed by atoms with Crippen LogP contribution < -0.4 is 0 Å². The number of thioether (sulfide) groups is 1. The Labute approximate surface area is 76.0 Å². The fourth-order valence-corrected chi connectivity index (χ4v) is 1.39. The monoisotopic (exact) mass is 184 g/mol. The SMILES string of the molecule is C=C(C)Cn1nnnc1SCC. The lowest BCUT2D eigenvalue weighted by molar-refractivity contribution is 0.597. The van der Waals surface area contributed by atoms with Crippen molar-refractivity contribution < 1.29 is 0 Å². The zero-order chi connectivity index (χ0) is 8.97. The predicted molar refractivity (Wildman–Crippen MR) is 49.0 cm³/mol. The molecule has 0 amide bonds. The second-order valence-electron chi connectivity index (χ2n) is 2.51. The maximum Gasteiger partial charge on any atom is 0.209 e. The van der Waals surface area contributed by atoms with Crippen LogP contribution in [0.15, 0.2) is 17.3 Å². The molecule has 12 heavy (non-hydrogen) atoms. The van der Waals surface area contributed by atoms with E-state index < -0.39 is 0 Å². The predicted octanol–water partition coefficient (Wildman–Crippen LogP) is 1.36. The normalized spacial score (nSPS) is 10.2. The van der Waals surface area contributed by atoms with Gasteiger partial charge in [-0.3, -0.25) is 0 Å². The van der Waals surface area contributed by atoms with Crippen LogP contribution in [0.1, 0.15) is 13.8 Å². The van der Waals surface area contributed by atoms with Crippen LogP contribution in [0, 0.1) is 0 Å². The number of aromatic nitrogens is 4. The van der Waals surface area contributed by atoms with Crippen molar-refractivity contribution in [3.05, 3.63) is 12.2 Å². The summed E-state index contributed by atoms with van der Waals surface area (Å²) < 4.78 is 1.76. The molecule has 0 aliphatic carbocycles. The van der Waals surface area contributed by atoms with Gasteiger partial charge in [-0.2, -0.15) is 0 Å². The Bertz CT molecular complexity index is 268. The van der Waals surface area contributed by atoms with Gasteiger partial charge in [0.05, 0.1) is 6.54 Å². The first-order valence-electron chi connectivity index (χ1n) is 3.77. The van der Waals surface area contributed by atoms with Gasteiger partial charge in [-0.05, 0) is 23.1 Å². The van der Waals surface area contributed by atoms with Gasteiger partial charge < -0.3 is 0 Å². The first kappa shape index (κ1) is 9.25. The topological polar surface area (TPSA) is 43.6 Å². The van der Waals surface area contributed by atoms with E-state index in [1.807, 2.05) is 6.92 Å². The molecule has 0 aromatic carbocycles. The zero-order valence-electron chi connectivity index (χ0n) is 7.32. The smallest absolute Gasteiger partial charge is 0.209 e. The average molecular weight is 184 g/mol. The number of nitrogens with zero attached hydrogens (tertiary/aromatic N) is 4. The molecule has 1 aromatic rings. The fourth-order valence-electron chi connectivity index (χ4n) is 0.784. The summed E-state index contributed by atoms with van der Waals surface area (Å²) in [5.74, 6) is 0.983. The standard InChI is InChI=1S/C7H12N4S/c1-4-12-7-8-9-10-11(7)5-6(2)3/h2,4-5H2,1,3H3. The molecule has 5 heteroatoms. The van der Waals surface area contributed by atoms with Crippen LogP contribution >= 0.6 is 11.8 Å². The Morgan fingerprint density at radius 3 is 3.00 bits per heavy atom. The lowest BCUT2D eigenvalue weighted by Crippen LogP contribution is -2.02. The van der Waals surface area contributed by atoms with Gasteiger partial charge >= 0.3 is 0 Å². The highest BCUT2D eigenvalue weighted by atomic mass is 32.2. The summed E-state index contributed by atoms with van der Waals surface area (Å²) in [6, 6.07) is 0. The van der Waals surface area contributed by atoms with Crippen LogP contribution in [-0.2, 0) is 6.54 Å². The molecular weight excluding hydrogens is 172 g/mol. The van der Waals surface area contributed by atoms with E-state index in [1.165, 1.54) is 0 Å². The number of hydrogen-bond acceptors (Lipinski definition) is 4. The molecule has 0 N–H and O–H groups in total. The van der Waals surface area contributed by atoms with Gasteiger partial charge in [0.2, 0.25) is 5.16 Å². The maximum absolute atomic E-state index is 3.88. The summed E-state index contributed by atoms with van der Waals surface area (Å²) in [4.78, 5) is 0. The van der Waals surface area contributed by atoms with E-state index >= 15 is 0 Å². The van der Waals surface area contributed by atoms with Crippen LogP contribution in [-0.4, -0.2) is 26.0 Å². The second-order valence-corrected chi connectivity index (χ2v) is 3.74. The summed E-state index contributed by atoms with van der Waals surface area (Å²) in [5, 5.41) is 12.2. The lowest BCUT2D eigenvalue weighted by Gasteiger charge is -2.00. The van der Waals surface area contributed by atoms with Crippen LogP contribution in [0.4, 0.5) is 0 Å². The maximum atomic E-state index is 3.88. The van der Waals surface area contributed by atoms with Crippen LogP contribution in [0.5, 0.6) is 0 Å². The van der Waals surface area contributed by atoms with E-state index in [0.717, 1.165) is 16.5 Å². The van der Waals surface area contributed by atoms with Gasteiger partial charge in [0.15, 0.2) is 0 Å². The van der Waals surface area contributed by atoms with E-state index in [0.29, 0.717) is 6.54 Å². The van der Waals surface area contributed by atoms with E-state index in [-0.39, 0.29) is 0 Å². The molecule has 0 radical (unpaired) electrons. The molecule has 0 atom stereocenters. The molecule has 0 spiro atoms. The molecule has 0 aliphatic heterocycles. The molecule has 0 saturated heterocycles. The van der Waals surface area contributed by atoms with Gasteiger partial charge in [0, 0.05) is 0 Å². The van der Waals surface area contributed by atoms with E-state index in [1.54, 1.807) is 16.4 Å². The van der Waals surface area contributed by atoms with Crippen molar-refractivity contribution in [1.29, 1.82) is 0 Å². The average Bonchev–Trinajstić information content (AvgIpc) is 2.37. The Kier molecular flexibility index (Phi) is 3.28. The van der Waals surface area contributed by atoms with Crippen molar-refractivity contribution in [1.82, 2.24) is 20.2 Å². The number of rotatable bonds is 4. The van der Waals surface area contributed by atoms with Crippen molar-refractivity contribution in [2.45, 2.75) is 25.5 Å². The third-order valence-electron chi connectivity index (χ3n) is 1.19. The van der Waals surface area contributed by atoms with Crippen LogP contribution in [0.2, 0.25) is 0 Å². The Morgan fingerprint density at radius 1 is 1.67 bits per heavy atom. The van der Waals surface area contributed by atoms with Gasteiger partial charge in [0.25, 0.3) is 0 Å². The molecule has 66 valence electrons. The van der Waals surface area contributed by atoms with Gasteiger partial charge in [-0.25, -0.2) is 4.68 Å². The van der Waals surface area contributed by atoms with Crippen molar-refractivity contribution in [3.8, 4) is 0 Å². The third-order valence-corrected chi connectivity index (χ3v) is 2.03. The van der Waals surface area contributed by atoms with Crippen molar-refractivity contribution in [2.24, 2.45) is 0 Å².